The van der Waals surface area contributed by atoms with E-state index in [2.05, 4.69) is 10.3 Å². The van der Waals surface area contributed by atoms with Crippen molar-refractivity contribution in [2.24, 2.45) is 5.41 Å². The van der Waals surface area contributed by atoms with Crippen LogP contribution in [0.3, 0.4) is 0 Å². The Bertz CT molecular complexity index is 397. The van der Waals surface area contributed by atoms with Gasteiger partial charge in [0.15, 0.2) is 0 Å². The Morgan fingerprint density at radius 1 is 1.41 bits per heavy atom. The van der Waals surface area contributed by atoms with E-state index < -0.39 is 0 Å². The fraction of sp³-hybridized carbons (Fsp3) is 0.545. The monoisotopic (exact) mass is 277 g/mol. The predicted octanol–water partition coefficient (Wildman–Crippen LogP) is 2.79. The first kappa shape index (κ1) is 14.4. The van der Waals surface area contributed by atoms with Crippen LogP contribution in [0.4, 0.5) is 11.6 Å². The van der Waals surface area contributed by atoms with Crippen molar-refractivity contribution in [2.45, 2.75) is 20.3 Å². The van der Waals surface area contributed by atoms with Crippen LogP contribution in [-0.2, 0) is 0 Å². The number of aliphatic hydroxyl groups excluding tert-OH is 1. The second-order valence-corrected chi connectivity index (χ2v) is 5.49. The zero-order chi connectivity index (χ0) is 13.1. The van der Waals surface area contributed by atoms with Gasteiger partial charge in [0.25, 0.3) is 0 Å². The molecule has 1 aromatic heterocycles. The second kappa shape index (κ2) is 5.76. The maximum Gasteiger partial charge on any atom is 0.147 e. The number of anilines is 2. The van der Waals surface area contributed by atoms with E-state index in [9.17, 15) is 0 Å². The van der Waals surface area contributed by atoms with E-state index in [1.54, 1.807) is 6.07 Å². The summed E-state index contributed by atoms with van der Waals surface area (Å²) in [6.45, 7) is 4.88. The highest BCUT2D eigenvalue weighted by Gasteiger charge is 2.18. The lowest BCUT2D eigenvalue weighted by molar-refractivity contribution is 0.220. The molecule has 17 heavy (non-hydrogen) atoms. The molecule has 0 bridgehead atoms. The number of nitrogen functional groups attached to an aromatic ring is 1. The van der Waals surface area contributed by atoms with Gasteiger partial charge in [-0.1, -0.05) is 37.0 Å². The van der Waals surface area contributed by atoms with Crippen LogP contribution in [0.15, 0.2) is 6.07 Å². The van der Waals surface area contributed by atoms with Crippen molar-refractivity contribution >= 4 is 34.8 Å². The van der Waals surface area contributed by atoms with Gasteiger partial charge in [-0.15, -0.1) is 0 Å². The topological polar surface area (TPSA) is 71.2 Å². The Labute approximate surface area is 111 Å². The number of pyridine rings is 1. The summed E-state index contributed by atoms with van der Waals surface area (Å²) in [4.78, 5) is 4.08. The van der Waals surface area contributed by atoms with Gasteiger partial charge in [-0.2, -0.15) is 0 Å². The average Bonchev–Trinajstić information content (AvgIpc) is 2.21. The summed E-state index contributed by atoms with van der Waals surface area (Å²) < 4.78 is 0. The molecule has 0 saturated carbocycles. The van der Waals surface area contributed by atoms with Gasteiger partial charge in [0.05, 0.1) is 10.0 Å². The Hall–Kier alpha value is -0.710. The fourth-order valence-corrected chi connectivity index (χ4v) is 1.74. The molecule has 0 unspecified atom stereocenters. The summed E-state index contributed by atoms with van der Waals surface area (Å²) in [7, 11) is 0. The number of halogens is 2. The van der Waals surface area contributed by atoms with E-state index in [-0.39, 0.29) is 17.8 Å². The van der Waals surface area contributed by atoms with Crippen LogP contribution in [0, 0.1) is 5.41 Å². The van der Waals surface area contributed by atoms with Crippen LogP contribution in [0.2, 0.25) is 10.0 Å². The number of nitrogens with two attached hydrogens (primary N) is 1. The lowest BCUT2D eigenvalue weighted by atomic mass is 9.90. The number of hydrogen-bond acceptors (Lipinski definition) is 4. The predicted molar refractivity (Wildman–Crippen MR) is 72.6 cm³/mol. The first-order valence-corrected chi connectivity index (χ1v) is 6.07. The van der Waals surface area contributed by atoms with Crippen LogP contribution in [-0.4, -0.2) is 23.2 Å². The van der Waals surface area contributed by atoms with Crippen LogP contribution in [0.5, 0.6) is 0 Å². The molecule has 0 fully saturated rings. The van der Waals surface area contributed by atoms with Crippen molar-refractivity contribution in [3.63, 3.8) is 0 Å². The lowest BCUT2D eigenvalue weighted by Gasteiger charge is -2.24. The van der Waals surface area contributed by atoms with E-state index in [0.717, 1.165) is 0 Å². The van der Waals surface area contributed by atoms with E-state index in [4.69, 9.17) is 34.0 Å². The van der Waals surface area contributed by atoms with Gasteiger partial charge in [0, 0.05) is 13.2 Å². The van der Waals surface area contributed by atoms with Crippen molar-refractivity contribution in [3.05, 3.63) is 16.1 Å². The molecule has 0 aliphatic rings. The molecule has 0 saturated heterocycles. The zero-order valence-corrected chi connectivity index (χ0v) is 11.4. The van der Waals surface area contributed by atoms with Crippen molar-refractivity contribution in [1.82, 2.24) is 4.98 Å². The van der Waals surface area contributed by atoms with Gasteiger partial charge in [-0.25, -0.2) is 4.98 Å². The Kier molecular flexibility index (Phi) is 4.86. The third-order valence-corrected chi connectivity index (χ3v) is 3.07. The minimum absolute atomic E-state index is 0.0475. The molecule has 0 atom stereocenters. The van der Waals surface area contributed by atoms with E-state index in [1.807, 2.05) is 13.8 Å². The van der Waals surface area contributed by atoms with Crippen LogP contribution < -0.4 is 11.1 Å². The lowest BCUT2D eigenvalue weighted by Crippen LogP contribution is -2.24. The van der Waals surface area contributed by atoms with Crippen LogP contribution >= 0.6 is 23.2 Å². The Morgan fingerprint density at radius 3 is 2.65 bits per heavy atom. The molecule has 0 aliphatic carbocycles. The summed E-state index contributed by atoms with van der Waals surface area (Å²) in [5.41, 5.74) is 5.56. The number of aromatic nitrogens is 1. The standard InChI is InChI=1S/C11H17Cl2N3O/c1-11(2,3-4-17)6-15-10-8(13)5-7(12)9(14)16-10/h5,17H,3-4,6H2,1-2H3,(H3,14,15,16). The molecule has 4 N–H and O–H groups in total. The highest BCUT2D eigenvalue weighted by atomic mass is 35.5. The first-order valence-electron chi connectivity index (χ1n) is 5.32. The van der Waals surface area contributed by atoms with Gasteiger partial charge >= 0.3 is 0 Å². The molecule has 0 amide bonds. The number of rotatable bonds is 5. The third kappa shape index (κ3) is 4.22. The van der Waals surface area contributed by atoms with Crippen molar-refractivity contribution in [3.8, 4) is 0 Å². The highest BCUT2D eigenvalue weighted by molar-refractivity contribution is 6.37. The SMILES string of the molecule is CC(C)(CCO)CNc1nc(N)c(Cl)cc1Cl. The van der Waals surface area contributed by atoms with E-state index >= 15 is 0 Å². The zero-order valence-electron chi connectivity index (χ0n) is 9.93. The minimum atomic E-state index is -0.0475. The molecule has 96 valence electrons. The van der Waals surface area contributed by atoms with Gasteiger partial charge in [0.1, 0.15) is 11.6 Å². The molecule has 0 spiro atoms. The summed E-state index contributed by atoms with van der Waals surface area (Å²) in [6.07, 6.45) is 0.695. The normalized spacial score (nSPS) is 11.6. The number of nitrogens with one attached hydrogen (secondary N) is 1. The number of hydrogen-bond donors (Lipinski definition) is 3. The molecule has 1 aromatic rings. The Balaban J connectivity index is 2.73. The minimum Gasteiger partial charge on any atom is -0.396 e. The van der Waals surface area contributed by atoms with Gasteiger partial charge in [-0.3, -0.25) is 0 Å². The molecule has 6 heteroatoms. The smallest absolute Gasteiger partial charge is 0.147 e. The van der Waals surface area contributed by atoms with Crippen LogP contribution in [0.1, 0.15) is 20.3 Å². The van der Waals surface area contributed by atoms with Gasteiger partial charge < -0.3 is 16.2 Å². The molecule has 1 rings (SSSR count). The number of nitrogens with zero attached hydrogens (tertiary/aromatic N) is 1. The van der Waals surface area contributed by atoms with E-state index in [1.165, 1.54) is 0 Å². The van der Waals surface area contributed by atoms with Gasteiger partial charge in [0.2, 0.25) is 0 Å². The fourth-order valence-electron chi connectivity index (χ4n) is 1.32. The maximum atomic E-state index is 8.93. The van der Waals surface area contributed by atoms with Crippen molar-refractivity contribution in [2.75, 3.05) is 24.2 Å². The maximum absolute atomic E-state index is 8.93. The molecule has 0 aromatic carbocycles. The third-order valence-electron chi connectivity index (χ3n) is 2.48. The molecule has 0 radical (unpaired) electrons. The summed E-state index contributed by atoms with van der Waals surface area (Å²) in [6, 6.07) is 1.56. The Morgan fingerprint density at radius 2 is 2.06 bits per heavy atom. The molecular formula is C11H17Cl2N3O. The van der Waals surface area contributed by atoms with Crippen LogP contribution in [0.25, 0.3) is 0 Å². The number of aliphatic hydroxyl groups is 1. The first-order chi connectivity index (χ1) is 7.85. The summed E-state index contributed by atoms with van der Waals surface area (Å²) in [5.74, 6) is 0.762. The van der Waals surface area contributed by atoms with Crippen molar-refractivity contribution in [1.29, 1.82) is 0 Å². The highest BCUT2D eigenvalue weighted by Crippen LogP contribution is 2.28. The molecule has 0 aliphatic heterocycles. The summed E-state index contributed by atoms with van der Waals surface area (Å²) in [5, 5.41) is 12.8. The quantitative estimate of drug-likeness (QED) is 0.774. The second-order valence-electron chi connectivity index (χ2n) is 4.68. The average molecular weight is 278 g/mol. The summed E-state index contributed by atoms with van der Waals surface area (Å²) >= 11 is 11.8. The molecular weight excluding hydrogens is 261 g/mol. The van der Waals surface area contributed by atoms with E-state index in [0.29, 0.717) is 28.8 Å². The largest absolute Gasteiger partial charge is 0.396 e. The van der Waals surface area contributed by atoms with Gasteiger partial charge in [-0.05, 0) is 17.9 Å². The molecule has 1 heterocycles. The van der Waals surface area contributed by atoms with Crippen molar-refractivity contribution < 1.29 is 5.11 Å². The molecule has 4 nitrogen and oxygen atoms in total.